The Kier molecular flexibility index (Phi) is 7.22. The molecule has 4 saturated carbocycles. The Hall–Kier alpha value is -1.19. The first-order valence-corrected chi connectivity index (χ1v) is 14.9. The molecule has 1 saturated heterocycles. The van der Waals surface area contributed by atoms with Gasteiger partial charge in [-0.25, -0.2) is 4.79 Å². The van der Waals surface area contributed by atoms with Crippen LogP contribution in [0.4, 0.5) is 0 Å². The molecule has 2 heterocycles. The number of fused-ring (bicyclic) bond motifs is 5. The van der Waals surface area contributed by atoms with Crippen LogP contribution in [0.2, 0.25) is 0 Å². The first-order chi connectivity index (χ1) is 19.2. The molecule has 5 fully saturated rings. The number of carbonyl (C=O) groups excluding carboxylic acids is 1. The molecule has 15 atom stereocenters. The minimum atomic E-state index is -1.67. The highest BCUT2D eigenvalue weighted by Crippen LogP contribution is 2.70. The first-order valence-electron chi connectivity index (χ1n) is 14.9. The number of rotatable bonds is 4. The minimum Gasteiger partial charge on any atom is -0.458 e. The van der Waals surface area contributed by atoms with Crippen LogP contribution in [0.5, 0.6) is 0 Å². The van der Waals surface area contributed by atoms with Crippen LogP contribution >= 0.6 is 0 Å². The van der Waals surface area contributed by atoms with Crippen LogP contribution < -0.4 is 0 Å². The van der Waals surface area contributed by atoms with Gasteiger partial charge in [-0.3, -0.25) is 0 Å². The van der Waals surface area contributed by atoms with Crippen LogP contribution in [-0.4, -0.2) is 120 Å². The van der Waals surface area contributed by atoms with Crippen molar-refractivity contribution in [2.24, 2.45) is 28.6 Å². The number of ether oxygens (including phenoxy) is 3. The predicted octanol–water partition coefficient (Wildman–Crippen LogP) is -1.51. The van der Waals surface area contributed by atoms with Crippen LogP contribution in [-0.2, 0) is 19.0 Å². The van der Waals surface area contributed by atoms with Crippen LogP contribution in [0.1, 0.15) is 58.8 Å². The van der Waals surface area contributed by atoms with E-state index in [1.54, 1.807) is 0 Å². The van der Waals surface area contributed by atoms with E-state index < -0.39 is 95.5 Å². The molecule has 8 N–H and O–H groups in total. The first kappa shape index (κ1) is 29.9. The molecule has 4 aliphatic carbocycles. The molecule has 0 radical (unpaired) electrons. The lowest BCUT2D eigenvalue weighted by molar-refractivity contribution is -0.342. The lowest BCUT2D eigenvalue weighted by Gasteiger charge is -2.68. The standard InChI is InChI=1S/C29H44O12/c1-13-22(34)23(35)24(36)25(40-13)41-15-8-19(32)28(12-30)21-17(3-5-27(28,37)9-15)29(38)6-4-16(14-7-20(33)39-11-14)26(29,2)10-18(21)31/h7,13,15-19,21-25,30-32,34-38H,3-6,8-12H2,1-2H3/t13-,15+,16-,17+,18-,19-,21-,22-,23+,24+,25+,26-,27+,28-,29+/m1/s1. The fourth-order valence-corrected chi connectivity index (χ4v) is 10.1. The van der Waals surface area contributed by atoms with Gasteiger partial charge < -0.3 is 55.1 Å². The van der Waals surface area contributed by atoms with Gasteiger partial charge in [-0.2, -0.15) is 0 Å². The highest BCUT2D eigenvalue weighted by Gasteiger charge is 2.75. The zero-order valence-corrected chi connectivity index (χ0v) is 23.5. The number of cyclic esters (lactones) is 1. The van der Waals surface area contributed by atoms with Gasteiger partial charge in [0.2, 0.25) is 0 Å². The molecular formula is C29H44O12. The zero-order valence-electron chi connectivity index (χ0n) is 23.5. The maximum atomic E-state index is 12.4. The van der Waals surface area contributed by atoms with Gasteiger partial charge in [-0.1, -0.05) is 6.92 Å². The summed E-state index contributed by atoms with van der Waals surface area (Å²) in [6, 6.07) is 0. The Balaban J connectivity index is 1.28. The van der Waals surface area contributed by atoms with Crippen molar-refractivity contribution in [3.05, 3.63) is 11.6 Å². The molecule has 6 aliphatic rings. The fourth-order valence-electron chi connectivity index (χ4n) is 10.1. The Morgan fingerprint density at radius 3 is 2.41 bits per heavy atom. The van der Waals surface area contributed by atoms with Crippen molar-refractivity contribution < 1.29 is 59.9 Å². The topological polar surface area (TPSA) is 207 Å². The van der Waals surface area contributed by atoms with E-state index in [1.807, 2.05) is 6.92 Å². The van der Waals surface area contributed by atoms with Crippen LogP contribution in [0.15, 0.2) is 11.6 Å². The normalized spacial score (nSPS) is 56.9. The largest absolute Gasteiger partial charge is 0.458 e. The van der Waals surface area contributed by atoms with Crippen molar-refractivity contribution in [3.63, 3.8) is 0 Å². The zero-order chi connectivity index (χ0) is 29.7. The quantitative estimate of drug-likeness (QED) is 0.140. The van der Waals surface area contributed by atoms with Crippen molar-refractivity contribution in [3.8, 4) is 0 Å². The van der Waals surface area contributed by atoms with Gasteiger partial charge >= 0.3 is 5.97 Å². The number of carbonyl (C=O) groups is 1. The van der Waals surface area contributed by atoms with E-state index in [9.17, 15) is 45.6 Å². The number of hydrogen-bond acceptors (Lipinski definition) is 12. The van der Waals surface area contributed by atoms with E-state index in [4.69, 9.17) is 14.2 Å². The van der Waals surface area contributed by atoms with Crippen molar-refractivity contribution in [1.29, 1.82) is 0 Å². The lowest BCUT2D eigenvalue weighted by Crippen LogP contribution is -2.76. The fraction of sp³-hybridized carbons (Fsp3) is 0.897. The minimum absolute atomic E-state index is 0.0369. The summed E-state index contributed by atoms with van der Waals surface area (Å²) in [6.07, 6.45) is -6.68. The molecule has 12 nitrogen and oxygen atoms in total. The summed E-state index contributed by atoms with van der Waals surface area (Å²) in [5, 5.41) is 89.6. The van der Waals surface area contributed by atoms with E-state index in [2.05, 4.69) is 0 Å². The highest BCUT2D eigenvalue weighted by molar-refractivity contribution is 5.85. The second-order valence-electron chi connectivity index (χ2n) is 13.8. The predicted molar refractivity (Wildman–Crippen MR) is 139 cm³/mol. The van der Waals surface area contributed by atoms with Gasteiger partial charge in [0, 0.05) is 30.3 Å². The molecule has 0 aromatic rings. The molecule has 0 unspecified atom stereocenters. The van der Waals surface area contributed by atoms with E-state index >= 15 is 0 Å². The Morgan fingerprint density at radius 1 is 1.02 bits per heavy atom. The molecule has 0 bridgehead atoms. The van der Waals surface area contributed by atoms with E-state index in [0.29, 0.717) is 19.3 Å². The van der Waals surface area contributed by atoms with Gasteiger partial charge in [0.25, 0.3) is 0 Å². The van der Waals surface area contributed by atoms with Crippen molar-refractivity contribution in [2.75, 3.05) is 13.2 Å². The molecular weight excluding hydrogens is 540 g/mol. The number of esters is 1. The summed E-state index contributed by atoms with van der Waals surface area (Å²) in [5.74, 6) is -1.93. The third-order valence-corrected chi connectivity index (χ3v) is 12.2. The smallest absolute Gasteiger partial charge is 0.331 e. The molecule has 41 heavy (non-hydrogen) atoms. The van der Waals surface area contributed by atoms with E-state index in [0.717, 1.165) is 5.57 Å². The summed E-state index contributed by atoms with van der Waals surface area (Å²) >= 11 is 0. The van der Waals surface area contributed by atoms with E-state index in [1.165, 1.54) is 13.0 Å². The Morgan fingerprint density at radius 2 is 1.76 bits per heavy atom. The van der Waals surface area contributed by atoms with Crippen LogP contribution in [0, 0.1) is 28.6 Å². The lowest BCUT2D eigenvalue weighted by atomic mass is 9.40. The molecule has 0 aromatic heterocycles. The van der Waals surface area contributed by atoms with Crippen molar-refractivity contribution >= 4 is 5.97 Å². The van der Waals surface area contributed by atoms with Crippen LogP contribution in [0.25, 0.3) is 0 Å². The number of aliphatic hydroxyl groups excluding tert-OH is 6. The molecule has 12 heteroatoms. The van der Waals surface area contributed by atoms with Gasteiger partial charge in [0.15, 0.2) is 6.29 Å². The maximum Gasteiger partial charge on any atom is 0.331 e. The highest BCUT2D eigenvalue weighted by atomic mass is 16.7. The van der Waals surface area contributed by atoms with Crippen LogP contribution in [0.3, 0.4) is 0 Å². The average molecular weight is 585 g/mol. The number of hydrogen-bond donors (Lipinski definition) is 8. The summed E-state index contributed by atoms with van der Waals surface area (Å²) in [7, 11) is 0. The SMILES string of the molecule is C[C@H]1O[C@@H](O[C@H]2C[C@@H](O)[C@]3(CO)[C@H]4[C@H](O)C[C@]5(C)[C@@H](C6=CC(=O)OC6)CC[C@]5(O)[C@H]4CC[C@]3(O)C2)[C@@H](O)[C@@H](O)[C@@H]1O. The molecule has 0 amide bonds. The third-order valence-electron chi connectivity index (χ3n) is 12.2. The van der Waals surface area contributed by atoms with E-state index in [-0.39, 0.29) is 38.2 Å². The Labute approximate surface area is 238 Å². The summed E-state index contributed by atoms with van der Waals surface area (Å²) in [4.78, 5) is 11.8. The second kappa shape index (κ2) is 9.91. The monoisotopic (exact) mass is 584 g/mol. The molecule has 2 aliphatic heterocycles. The summed E-state index contributed by atoms with van der Waals surface area (Å²) < 4.78 is 16.7. The second-order valence-corrected chi connectivity index (χ2v) is 13.8. The molecule has 0 spiro atoms. The van der Waals surface area contributed by atoms with Gasteiger partial charge in [0.05, 0.1) is 47.6 Å². The summed E-state index contributed by atoms with van der Waals surface area (Å²) in [6.45, 7) is 3.00. The van der Waals surface area contributed by atoms with Gasteiger partial charge in [0.1, 0.15) is 24.9 Å². The third kappa shape index (κ3) is 3.99. The van der Waals surface area contributed by atoms with Crippen molar-refractivity contribution in [1.82, 2.24) is 0 Å². The average Bonchev–Trinajstić information content (AvgIpc) is 3.45. The molecule has 232 valence electrons. The molecule has 6 rings (SSSR count). The number of aliphatic hydroxyl groups is 8. The maximum absolute atomic E-state index is 12.4. The Bertz CT molecular complexity index is 1080. The van der Waals surface area contributed by atoms with Gasteiger partial charge in [-0.15, -0.1) is 0 Å². The van der Waals surface area contributed by atoms with Crippen molar-refractivity contribution in [2.45, 2.75) is 119 Å². The molecule has 0 aromatic carbocycles. The van der Waals surface area contributed by atoms with Gasteiger partial charge in [-0.05, 0) is 56.4 Å². The summed E-state index contributed by atoms with van der Waals surface area (Å²) in [5.41, 5.74) is -4.46.